The van der Waals surface area contributed by atoms with Crippen LogP contribution in [0, 0.1) is 11.3 Å². The molecule has 4 rings (SSSR count). The second-order valence-corrected chi connectivity index (χ2v) is 9.04. The van der Waals surface area contributed by atoms with Crippen LogP contribution in [0.4, 0.5) is 0 Å². The van der Waals surface area contributed by atoms with Gasteiger partial charge < -0.3 is 19.6 Å². The Bertz CT molecular complexity index is 1140. The van der Waals surface area contributed by atoms with E-state index in [0.29, 0.717) is 29.7 Å². The fourth-order valence-corrected chi connectivity index (χ4v) is 4.58. The largest absolute Gasteiger partial charge is 0.490 e. The second kappa shape index (κ2) is 11.3. The fraction of sp³-hybridized carbons (Fsp3) is 0.444. The number of hydroxylamine groups is 1. The standard InChI is InChI=1S/C27H32N4O4/c1-17(2)34-24-13-10-18(15-19(24)16-28)27-30-26(31-35-27)22-8-6-7-21-20(22)11-12-23(21)29-14-5-4-9-25(32)33-3/h6-8,10,13,15,17,23,26,29,31H,4-5,9,11-12,14H2,1-3H3. The van der Waals surface area contributed by atoms with Gasteiger partial charge in [-0.05, 0) is 81.0 Å². The van der Waals surface area contributed by atoms with Gasteiger partial charge in [0.25, 0.3) is 0 Å². The third-order valence-corrected chi connectivity index (χ3v) is 6.25. The first-order valence-electron chi connectivity index (χ1n) is 12.1. The Balaban J connectivity index is 1.44. The molecule has 2 atom stereocenters. The van der Waals surface area contributed by atoms with Crippen LogP contribution in [-0.2, 0) is 20.8 Å². The van der Waals surface area contributed by atoms with Crippen LogP contribution in [0.1, 0.15) is 79.6 Å². The lowest BCUT2D eigenvalue weighted by atomic mass is 10.0. The number of rotatable bonds is 10. The van der Waals surface area contributed by atoms with Crippen LogP contribution in [0.25, 0.3) is 0 Å². The Labute approximate surface area is 206 Å². The van der Waals surface area contributed by atoms with Gasteiger partial charge in [0, 0.05) is 18.0 Å². The molecule has 0 bridgehead atoms. The summed E-state index contributed by atoms with van der Waals surface area (Å²) in [5, 5.41) is 13.2. The number of fused-ring (bicyclic) bond motifs is 1. The van der Waals surface area contributed by atoms with E-state index in [1.807, 2.05) is 19.9 Å². The Morgan fingerprint density at radius 1 is 1.29 bits per heavy atom. The summed E-state index contributed by atoms with van der Waals surface area (Å²) in [6.07, 6.45) is 3.87. The molecule has 184 valence electrons. The Hall–Kier alpha value is -3.41. The van der Waals surface area contributed by atoms with Gasteiger partial charge in [0.1, 0.15) is 11.8 Å². The molecule has 0 fully saturated rings. The molecule has 2 aliphatic rings. The highest BCUT2D eigenvalue weighted by molar-refractivity contribution is 5.95. The quantitative estimate of drug-likeness (QED) is 0.390. The van der Waals surface area contributed by atoms with Crippen molar-refractivity contribution >= 4 is 11.9 Å². The molecule has 2 unspecified atom stereocenters. The molecule has 1 aliphatic heterocycles. The summed E-state index contributed by atoms with van der Waals surface area (Å²) in [4.78, 5) is 21.8. The molecule has 1 heterocycles. The molecule has 0 spiro atoms. The van der Waals surface area contributed by atoms with Crippen LogP contribution >= 0.6 is 0 Å². The minimum Gasteiger partial charge on any atom is -0.490 e. The molecule has 0 aromatic heterocycles. The summed E-state index contributed by atoms with van der Waals surface area (Å²) in [6.45, 7) is 4.71. The number of carbonyl (C=O) groups excluding carboxylic acids is 1. The molecular weight excluding hydrogens is 444 g/mol. The minimum absolute atomic E-state index is 0.0163. The van der Waals surface area contributed by atoms with Gasteiger partial charge in [-0.15, -0.1) is 5.48 Å². The average molecular weight is 477 g/mol. The number of benzene rings is 2. The Kier molecular flexibility index (Phi) is 8.01. The topological polar surface area (TPSA) is 105 Å². The van der Waals surface area contributed by atoms with Gasteiger partial charge >= 0.3 is 5.97 Å². The zero-order valence-electron chi connectivity index (χ0n) is 20.5. The first-order chi connectivity index (χ1) is 17.0. The van der Waals surface area contributed by atoms with Crippen molar-refractivity contribution in [3.05, 3.63) is 64.2 Å². The van der Waals surface area contributed by atoms with E-state index < -0.39 is 0 Å². The van der Waals surface area contributed by atoms with Crippen molar-refractivity contribution in [1.82, 2.24) is 10.8 Å². The molecule has 0 saturated heterocycles. The number of methoxy groups -OCH3 is 1. The van der Waals surface area contributed by atoms with Crippen molar-refractivity contribution in [3.8, 4) is 11.8 Å². The zero-order valence-corrected chi connectivity index (χ0v) is 20.5. The maximum absolute atomic E-state index is 11.3. The maximum Gasteiger partial charge on any atom is 0.305 e. The third kappa shape index (κ3) is 5.81. The zero-order chi connectivity index (χ0) is 24.8. The smallest absolute Gasteiger partial charge is 0.305 e. The first kappa shape index (κ1) is 24.7. The number of nitriles is 1. The van der Waals surface area contributed by atoms with Crippen LogP contribution in [0.5, 0.6) is 5.75 Å². The summed E-state index contributed by atoms with van der Waals surface area (Å²) in [6, 6.07) is 14.2. The predicted molar refractivity (Wildman–Crippen MR) is 132 cm³/mol. The fourth-order valence-electron chi connectivity index (χ4n) is 4.58. The van der Waals surface area contributed by atoms with Gasteiger partial charge in [0.2, 0.25) is 5.90 Å². The van der Waals surface area contributed by atoms with E-state index in [-0.39, 0.29) is 18.2 Å². The normalized spacial score (nSPS) is 18.5. The number of unbranched alkanes of at least 4 members (excludes halogenated alkanes) is 1. The highest BCUT2D eigenvalue weighted by Crippen LogP contribution is 2.37. The van der Waals surface area contributed by atoms with Gasteiger partial charge in [0.05, 0.1) is 18.8 Å². The van der Waals surface area contributed by atoms with Crippen molar-refractivity contribution in [3.63, 3.8) is 0 Å². The van der Waals surface area contributed by atoms with Crippen molar-refractivity contribution < 1.29 is 19.1 Å². The number of carbonyl (C=O) groups is 1. The van der Waals surface area contributed by atoms with E-state index in [1.165, 1.54) is 18.2 Å². The highest BCUT2D eigenvalue weighted by atomic mass is 16.7. The molecule has 2 N–H and O–H groups in total. The molecule has 2 aromatic carbocycles. The second-order valence-electron chi connectivity index (χ2n) is 9.04. The lowest BCUT2D eigenvalue weighted by Gasteiger charge is -2.16. The summed E-state index contributed by atoms with van der Waals surface area (Å²) in [5.41, 5.74) is 7.92. The van der Waals surface area contributed by atoms with Crippen molar-refractivity contribution in [1.29, 1.82) is 5.26 Å². The van der Waals surface area contributed by atoms with Gasteiger partial charge in [0.15, 0.2) is 6.17 Å². The van der Waals surface area contributed by atoms with Gasteiger partial charge in [-0.2, -0.15) is 5.26 Å². The lowest BCUT2D eigenvalue weighted by molar-refractivity contribution is -0.140. The van der Waals surface area contributed by atoms with Crippen LogP contribution in [0.15, 0.2) is 41.4 Å². The monoisotopic (exact) mass is 476 g/mol. The number of ether oxygens (including phenoxy) is 2. The van der Waals surface area contributed by atoms with E-state index in [2.05, 4.69) is 35.1 Å². The van der Waals surface area contributed by atoms with Crippen molar-refractivity contribution in [2.45, 2.75) is 64.3 Å². The molecule has 0 amide bonds. The summed E-state index contributed by atoms with van der Waals surface area (Å²) in [7, 11) is 1.42. The highest BCUT2D eigenvalue weighted by Gasteiger charge is 2.30. The molecule has 8 heteroatoms. The van der Waals surface area contributed by atoms with Gasteiger partial charge in [-0.1, -0.05) is 18.2 Å². The molecule has 2 aromatic rings. The first-order valence-corrected chi connectivity index (χ1v) is 12.1. The van der Waals surface area contributed by atoms with E-state index in [0.717, 1.165) is 43.4 Å². The molecule has 0 radical (unpaired) electrons. The summed E-state index contributed by atoms with van der Waals surface area (Å²) >= 11 is 0. The number of hydrogen-bond acceptors (Lipinski definition) is 8. The summed E-state index contributed by atoms with van der Waals surface area (Å²) < 4.78 is 10.4. The van der Waals surface area contributed by atoms with E-state index in [9.17, 15) is 10.1 Å². The molecule has 35 heavy (non-hydrogen) atoms. The maximum atomic E-state index is 11.3. The Morgan fingerprint density at radius 2 is 2.11 bits per heavy atom. The number of nitrogens with one attached hydrogen (secondary N) is 2. The van der Waals surface area contributed by atoms with E-state index in [4.69, 9.17) is 19.3 Å². The molecule has 1 aliphatic carbocycles. The minimum atomic E-state index is -0.309. The van der Waals surface area contributed by atoms with E-state index in [1.54, 1.807) is 12.1 Å². The van der Waals surface area contributed by atoms with Gasteiger partial charge in [-0.3, -0.25) is 4.79 Å². The lowest BCUT2D eigenvalue weighted by Crippen LogP contribution is -2.21. The van der Waals surface area contributed by atoms with Gasteiger partial charge in [-0.25, -0.2) is 4.99 Å². The van der Waals surface area contributed by atoms with Crippen LogP contribution in [-0.4, -0.2) is 31.6 Å². The third-order valence-electron chi connectivity index (χ3n) is 6.25. The Morgan fingerprint density at radius 3 is 2.89 bits per heavy atom. The van der Waals surface area contributed by atoms with Crippen LogP contribution in [0.3, 0.4) is 0 Å². The van der Waals surface area contributed by atoms with Crippen molar-refractivity contribution in [2.24, 2.45) is 4.99 Å². The number of hydrogen-bond donors (Lipinski definition) is 2. The molecule has 8 nitrogen and oxygen atoms in total. The van der Waals surface area contributed by atoms with Crippen LogP contribution in [0.2, 0.25) is 0 Å². The van der Waals surface area contributed by atoms with Crippen LogP contribution < -0.4 is 15.5 Å². The SMILES string of the molecule is COC(=O)CCCCNC1CCc2c1cccc2C1N=C(c2ccc(OC(C)C)c(C#N)c2)ON1. The molecule has 0 saturated carbocycles. The predicted octanol–water partition coefficient (Wildman–Crippen LogP) is 4.25. The number of aliphatic imine (C=N–C) groups is 1. The summed E-state index contributed by atoms with van der Waals surface area (Å²) in [5.74, 6) is 0.855. The van der Waals surface area contributed by atoms with E-state index >= 15 is 0 Å². The number of nitrogens with zero attached hydrogens (tertiary/aromatic N) is 2. The van der Waals surface area contributed by atoms with Crippen molar-refractivity contribution in [2.75, 3.05) is 13.7 Å². The molecular formula is C27H32N4O4. The number of esters is 1. The average Bonchev–Trinajstić information content (AvgIpc) is 3.51.